The zero-order valence-electron chi connectivity index (χ0n) is 12.9. The molecular formula is C15H27N3OS. The predicted octanol–water partition coefficient (Wildman–Crippen LogP) is 2.82. The standard InChI is InChI=1S/C15H27N3OS/c1-4-8-16-11-14-13(5-2)17-15(20-14)18(3)12-6-9-19-10-7-12/h12,16H,4-11H2,1-3H3. The van der Waals surface area contributed by atoms with Crippen molar-refractivity contribution in [2.45, 2.75) is 52.1 Å². The summed E-state index contributed by atoms with van der Waals surface area (Å²) in [6.45, 7) is 8.18. The van der Waals surface area contributed by atoms with Gasteiger partial charge in [-0.1, -0.05) is 13.8 Å². The van der Waals surface area contributed by atoms with E-state index in [-0.39, 0.29) is 0 Å². The van der Waals surface area contributed by atoms with Crippen molar-refractivity contribution < 1.29 is 4.74 Å². The molecule has 4 nitrogen and oxygen atoms in total. The molecule has 1 aliphatic rings. The Bertz CT molecular complexity index is 402. The molecule has 0 bridgehead atoms. The average molecular weight is 297 g/mol. The van der Waals surface area contributed by atoms with Crippen LogP contribution in [-0.2, 0) is 17.7 Å². The summed E-state index contributed by atoms with van der Waals surface area (Å²) in [6.07, 6.45) is 4.41. The van der Waals surface area contributed by atoms with Crippen LogP contribution < -0.4 is 10.2 Å². The number of rotatable bonds is 7. The van der Waals surface area contributed by atoms with Crippen LogP contribution in [0.1, 0.15) is 43.7 Å². The van der Waals surface area contributed by atoms with Gasteiger partial charge in [0, 0.05) is 37.7 Å². The van der Waals surface area contributed by atoms with Crippen LogP contribution in [0.4, 0.5) is 5.13 Å². The second-order valence-electron chi connectivity index (χ2n) is 5.35. The van der Waals surface area contributed by atoms with Crippen molar-refractivity contribution in [3.05, 3.63) is 10.6 Å². The van der Waals surface area contributed by atoms with Crippen molar-refractivity contribution in [2.75, 3.05) is 31.7 Å². The highest BCUT2D eigenvalue weighted by Gasteiger charge is 2.22. The summed E-state index contributed by atoms with van der Waals surface area (Å²) in [5, 5.41) is 4.66. The lowest BCUT2D eigenvalue weighted by molar-refractivity contribution is 0.0855. The number of hydrogen-bond donors (Lipinski definition) is 1. The molecule has 0 aliphatic carbocycles. The van der Waals surface area contributed by atoms with Gasteiger partial charge in [0.25, 0.3) is 0 Å². The van der Waals surface area contributed by atoms with E-state index >= 15 is 0 Å². The lowest BCUT2D eigenvalue weighted by atomic mass is 10.1. The first kappa shape index (κ1) is 15.7. The third-order valence-corrected chi connectivity index (χ3v) is 5.04. The van der Waals surface area contributed by atoms with Crippen LogP contribution in [0, 0.1) is 0 Å². The Morgan fingerprint density at radius 1 is 1.35 bits per heavy atom. The van der Waals surface area contributed by atoms with Gasteiger partial charge in [-0.25, -0.2) is 4.98 Å². The van der Waals surface area contributed by atoms with Gasteiger partial charge >= 0.3 is 0 Å². The van der Waals surface area contributed by atoms with E-state index in [1.54, 1.807) is 0 Å². The third-order valence-electron chi connectivity index (χ3n) is 3.85. The fraction of sp³-hybridized carbons (Fsp3) is 0.800. The predicted molar refractivity (Wildman–Crippen MR) is 85.7 cm³/mol. The van der Waals surface area contributed by atoms with Crippen LogP contribution >= 0.6 is 11.3 Å². The number of aromatic nitrogens is 1. The second-order valence-corrected chi connectivity index (χ2v) is 6.41. The molecule has 0 spiro atoms. The fourth-order valence-electron chi connectivity index (χ4n) is 2.54. The van der Waals surface area contributed by atoms with Crippen molar-refractivity contribution in [1.82, 2.24) is 10.3 Å². The summed E-state index contributed by atoms with van der Waals surface area (Å²) >= 11 is 1.85. The molecule has 1 aromatic heterocycles. The SMILES string of the molecule is CCCNCc1sc(N(C)C2CCOCC2)nc1CC. The second kappa shape index (κ2) is 7.96. The monoisotopic (exact) mass is 297 g/mol. The minimum Gasteiger partial charge on any atom is -0.381 e. The highest BCUT2D eigenvalue weighted by molar-refractivity contribution is 7.15. The molecular weight excluding hydrogens is 270 g/mol. The van der Waals surface area contributed by atoms with E-state index in [1.165, 1.54) is 22.1 Å². The third kappa shape index (κ3) is 3.93. The van der Waals surface area contributed by atoms with Gasteiger partial charge in [-0.05, 0) is 32.2 Å². The minimum atomic E-state index is 0.580. The van der Waals surface area contributed by atoms with E-state index < -0.39 is 0 Å². The van der Waals surface area contributed by atoms with E-state index in [4.69, 9.17) is 9.72 Å². The van der Waals surface area contributed by atoms with Crippen LogP contribution in [0.3, 0.4) is 0 Å². The molecule has 0 atom stereocenters. The number of ether oxygens (including phenoxy) is 1. The van der Waals surface area contributed by atoms with E-state index in [0.717, 1.165) is 45.6 Å². The number of nitrogens with one attached hydrogen (secondary N) is 1. The first-order valence-electron chi connectivity index (χ1n) is 7.76. The van der Waals surface area contributed by atoms with Gasteiger partial charge in [-0.2, -0.15) is 0 Å². The molecule has 2 heterocycles. The van der Waals surface area contributed by atoms with Gasteiger partial charge in [0.05, 0.1) is 5.69 Å². The maximum Gasteiger partial charge on any atom is 0.185 e. The van der Waals surface area contributed by atoms with E-state index in [1.807, 2.05) is 11.3 Å². The summed E-state index contributed by atoms with van der Waals surface area (Å²) in [4.78, 5) is 8.60. The van der Waals surface area contributed by atoms with E-state index in [9.17, 15) is 0 Å². The summed E-state index contributed by atoms with van der Waals surface area (Å²) < 4.78 is 5.45. The Kier molecular flexibility index (Phi) is 6.26. The maximum absolute atomic E-state index is 5.45. The minimum absolute atomic E-state index is 0.580. The summed E-state index contributed by atoms with van der Waals surface area (Å²) in [6, 6.07) is 0.580. The molecule has 0 saturated carbocycles. The van der Waals surface area contributed by atoms with Crippen molar-refractivity contribution in [2.24, 2.45) is 0 Å². The average Bonchev–Trinajstić information content (AvgIpc) is 2.91. The molecule has 1 aliphatic heterocycles. The topological polar surface area (TPSA) is 37.4 Å². The number of aryl methyl sites for hydroxylation is 1. The Morgan fingerprint density at radius 2 is 2.10 bits per heavy atom. The van der Waals surface area contributed by atoms with Crippen molar-refractivity contribution >= 4 is 16.5 Å². The van der Waals surface area contributed by atoms with Gasteiger partial charge < -0.3 is 15.0 Å². The number of anilines is 1. The van der Waals surface area contributed by atoms with Crippen LogP contribution in [0.25, 0.3) is 0 Å². The van der Waals surface area contributed by atoms with Crippen LogP contribution in [0.2, 0.25) is 0 Å². The molecule has 5 heteroatoms. The van der Waals surface area contributed by atoms with Gasteiger partial charge in [0.15, 0.2) is 5.13 Å². The zero-order chi connectivity index (χ0) is 14.4. The quantitative estimate of drug-likeness (QED) is 0.785. The van der Waals surface area contributed by atoms with Gasteiger partial charge in [0.1, 0.15) is 0 Å². The molecule has 1 aromatic rings. The Morgan fingerprint density at radius 3 is 2.75 bits per heavy atom. The number of thiazole rings is 1. The Balaban J connectivity index is 2.03. The normalized spacial score (nSPS) is 16.6. The lowest BCUT2D eigenvalue weighted by Crippen LogP contribution is -2.36. The fourth-order valence-corrected chi connectivity index (χ4v) is 3.69. The Labute approximate surface area is 126 Å². The van der Waals surface area contributed by atoms with Crippen LogP contribution in [-0.4, -0.2) is 37.8 Å². The molecule has 2 rings (SSSR count). The summed E-state index contributed by atoms with van der Waals surface area (Å²) in [5.41, 5.74) is 1.26. The van der Waals surface area contributed by atoms with Crippen molar-refractivity contribution in [3.8, 4) is 0 Å². The van der Waals surface area contributed by atoms with Crippen molar-refractivity contribution in [1.29, 1.82) is 0 Å². The van der Waals surface area contributed by atoms with E-state index in [2.05, 4.69) is 31.1 Å². The molecule has 0 amide bonds. The van der Waals surface area contributed by atoms with Gasteiger partial charge in [0.2, 0.25) is 0 Å². The smallest absolute Gasteiger partial charge is 0.185 e. The molecule has 20 heavy (non-hydrogen) atoms. The Hall–Kier alpha value is -0.650. The van der Waals surface area contributed by atoms with Crippen LogP contribution in [0.15, 0.2) is 0 Å². The summed E-state index contributed by atoms with van der Waals surface area (Å²) in [7, 11) is 2.18. The zero-order valence-corrected chi connectivity index (χ0v) is 13.8. The van der Waals surface area contributed by atoms with E-state index in [0.29, 0.717) is 6.04 Å². The highest BCUT2D eigenvalue weighted by atomic mass is 32.1. The summed E-state index contributed by atoms with van der Waals surface area (Å²) in [5.74, 6) is 0. The molecule has 0 aromatic carbocycles. The van der Waals surface area contributed by atoms with Crippen molar-refractivity contribution in [3.63, 3.8) is 0 Å². The first-order valence-corrected chi connectivity index (χ1v) is 8.57. The van der Waals surface area contributed by atoms with Gasteiger partial charge in [-0.3, -0.25) is 0 Å². The molecule has 114 valence electrons. The number of hydrogen-bond acceptors (Lipinski definition) is 5. The molecule has 1 fully saturated rings. The largest absolute Gasteiger partial charge is 0.381 e. The highest BCUT2D eigenvalue weighted by Crippen LogP contribution is 2.29. The molecule has 1 saturated heterocycles. The molecule has 1 N–H and O–H groups in total. The number of nitrogens with zero attached hydrogens (tertiary/aromatic N) is 2. The maximum atomic E-state index is 5.45. The molecule has 0 unspecified atom stereocenters. The lowest BCUT2D eigenvalue weighted by Gasteiger charge is -2.30. The first-order chi connectivity index (χ1) is 9.76. The molecule has 0 radical (unpaired) electrons. The van der Waals surface area contributed by atoms with Crippen LogP contribution in [0.5, 0.6) is 0 Å². The van der Waals surface area contributed by atoms with Gasteiger partial charge in [-0.15, -0.1) is 11.3 Å².